The second-order valence-corrected chi connectivity index (χ2v) is 7.80. The molecule has 0 atom stereocenters. The first-order chi connectivity index (χ1) is 9.32. The number of nitrogens with one attached hydrogen (secondary N) is 1. The number of carbonyl (C=O) groups is 1. The Morgan fingerprint density at radius 2 is 1.80 bits per heavy atom. The van der Waals surface area contributed by atoms with Gasteiger partial charge in [0, 0.05) is 0 Å². The van der Waals surface area contributed by atoms with Crippen molar-refractivity contribution in [3.63, 3.8) is 0 Å². The number of carbonyl (C=O) groups excluding carboxylic acids is 1. The van der Waals surface area contributed by atoms with Crippen molar-refractivity contribution in [3.05, 3.63) is 41.1 Å². The number of thiophene rings is 1. The Hall–Kier alpha value is -1.53. The van der Waals surface area contributed by atoms with Gasteiger partial charge in [0.2, 0.25) is 0 Å². The number of hydrogen-bond acceptors (Lipinski definition) is 4. The number of amides is 1. The Bertz CT molecular complexity index is 591. The molecule has 0 bridgehead atoms. The Morgan fingerprint density at radius 3 is 2.20 bits per heavy atom. The Morgan fingerprint density at radius 1 is 1.20 bits per heavy atom. The van der Waals surface area contributed by atoms with Gasteiger partial charge in [0.1, 0.15) is 0 Å². The molecule has 1 amide bonds. The molecule has 2 aromatic rings. The fourth-order valence-corrected chi connectivity index (χ4v) is 3.31. The third-order valence-corrected chi connectivity index (χ3v) is 4.79. The summed E-state index contributed by atoms with van der Waals surface area (Å²) in [6, 6.07) is 7.75. The number of para-hydroxylation sites is 1. The third-order valence-electron chi connectivity index (χ3n) is 2.06. The topological polar surface area (TPSA) is 107 Å². The predicted octanol–water partition coefficient (Wildman–Crippen LogP) is 0.660. The van der Waals surface area contributed by atoms with Crippen LogP contribution < -0.4 is 9.67 Å². The molecule has 0 saturated carbocycles. The molecule has 0 saturated heterocycles. The van der Waals surface area contributed by atoms with E-state index < -0.39 is 20.1 Å². The van der Waals surface area contributed by atoms with Gasteiger partial charge in [-0.05, 0) is 10.8 Å². The molecule has 0 spiro atoms. The van der Waals surface area contributed by atoms with E-state index in [0.29, 0.717) is 0 Å². The molecular weight excluding hydrogens is 345 g/mol. The van der Waals surface area contributed by atoms with E-state index in [4.69, 9.17) is 8.19 Å². The number of phenols is 1. The van der Waals surface area contributed by atoms with Crippen LogP contribution in [0.2, 0.25) is 0 Å². The van der Waals surface area contributed by atoms with E-state index >= 15 is 0 Å². The van der Waals surface area contributed by atoms with E-state index in [0.717, 1.165) is 0 Å². The molecule has 6 nitrogen and oxygen atoms in total. The third kappa shape index (κ3) is 5.22. The summed E-state index contributed by atoms with van der Waals surface area (Å²) in [7, 11) is 0. The molecule has 4 N–H and O–H groups in total. The van der Waals surface area contributed by atoms with Crippen LogP contribution in [-0.2, 0) is 8.53 Å². The zero-order valence-electron chi connectivity index (χ0n) is 10.6. The van der Waals surface area contributed by atoms with Crippen LogP contribution in [0.5, 0.6) is 5.75 Å². The van der Waals surface area contributed by atoms with Crippen molar-refractivity contribution < 1.29 is 21.8 Å². The maximum absolute atomic E-state index is 11.1. The van der Waals surface area contributed by atoms with E-state index in [1.807, 2.05) is 22.9 Å². The number of benzene rings is 1. The molecule has 1 aromatic carbocycles. The molecule has 8 heteroatoms. The number of phenolic OH excluding ortho intramolecular Hbond substituents is 1. The van der Waals surface area contributed by atoms with Gasteiger partial charge < -0.3 is 0 Å². The van der Waals surface area contributed by atoms with Crippen LogP contribution >= 0.6 is 11.3 Å². The van der Waals surface area contributed by atoms with E-state index in [1.165, 1.54) is 25.1 Å². The van der Waals surface area contributed by atoms with Gasteiger partial charge in [-0.25, -0.2) is 0 Å². The Balaban J connectivity index is 0.000000333. The van der Waals surface area contributed by atoms with Crippen LogP contribution in [0.3, 0.4) is 0 Å². The van der Waals surface area contributed by atoms with E-state index in [2.05, 4.69) is 5.32 Å². The fourth-order valence-electron chi connectivity index (χ4n) is 1.30. The minimum absolute atomic E-state index is 0.225. The summed E-state index contributed by atoms with van der Waals surface area (Å²) in [5.74, 6) is -0.880. The second-order valence-electron chi connectivity index (χ2n) is 3.69. The molecule has 20 heavy (non-hydrogen) atoms. The summed E-state index contributed by atoms with van der Waals surface area (Å²) in [5, 5.41) is 15.6. The zero-order chi connectivity index (χ0) is 15.2. The minimum Gasteiger partial charge on any atom is -0.152 e. The summed E-state index contributed by atoms with van der Waals surface area (Å²) in [5.41, 5.74) is -0.225. The molecular formula is C12H14AsNO5S. The zero-order valence-corrected chi connectivity index (χ0v) is 13.2. The second kappa shape index (κ2) is 7.30. The summed E-state index contributed by atoms with van der Waals surface area (Å²) in [6.45, 7) is 1.18. The molecule has 2 rings (SSSR count). The summed E-state index contributed by atoms with van der Waals surface area (Å²) in [4.78, 5) is 10.8. The van der Waals surface area contributed by atoms with Crippen LogP contribution in [0.1, 0.15) is 6.92 Å². The van der Waals surface area contributed by atoms with E-state index in [-0.39, 0.29) is 15.8 Å². The summed E-state index contributed by atoms with van der Waals surface area (Å²) < 4.78 is 28.8. The number of rotatable bonds is 2. The van der Waals surface area contributed by atoms with Gasteiger partial charge in [-0.2, -0.15) is 11.3 Å². The molecule has 0 aliphatic rings. The van der Waals surface area contributed by atoms with Crippen molar-refractivity contribution in [2.45, 2.75) is 6.92 Å². The van der Waals surface area contributed by atoms with Gasteiger partial charge in [-0.15, -0.1) is 0 Å². The van der Waals surface area contributed by atoms with Gasteiger partial charge in [-0.3, -0.25) is 0 Å². The molecule has 108 valence electrons. The molecule has 0 aliphatic carbocycles. The molecule has 1 aromatic heterocycles. The Labute approximate surface area is 122 Å². The van der Waals surface area contributed by atoms with Gasteiger partial charge >= 0.3 is 88.1 Å². The monoisotopic (exact) mass is 359 g/mol. The standard InChI is InChI=1S/C8H10AsNO5.C4H4S/c1-5(11)10-8-6(9(13,14)15)3-2-4-7(8)12;1-2-4-5-3-1/h2-4,12H,1H3,(H,10,11)(H2,13,14,15);1-4H. The smallest absolute Gasteiger partial charge is 0.00934 e. The SMILES string of the molecule is CC(=O)Nc1c(O)cccc1[As](=O)(O)O.c1ccsc1. The summed E-state index contributed by atoms with van der Waals surface area (Å²) >= 11 is -3.43. The summed E-state index contributed by atoms with van der Waals surface area (Å²) in [6.07, 6.45) is 0. The van der Waals surface area contributed by atoms with Crippen molar-refractivity contribution in [2.75, 3.05) is 5.32 Å². The number of anilines is 1. The van der Waals surface area contributed by atoms with Crippen molar-refractivity contribution in [3.8, 4) is 5.75 Å². The van der Waals surface area contributed by atoms with Gasteiger partial charge in [0.05, 0.1) is 0 Å². The van der Waals surface area contributed by atoms with E-state index in [9.17, 15) is 13.6 Å². The Kier molecular flexibility index (Phi) is 6.03. The van der Waals surface area contributed by atoms with Crippen LogP contribution in [0, 0.1) is 0 Å². The maximum Gasteiger partial charge on any atom is -0.00934 e. The molecule has 1 heterocycles. The average molecular weight is 359 g/mol. The first kappa shape index (κ1) is 16.5. The van der Waals surface area contributed by atoms with Crippen LogP contribution in [0.25, 0.3) is 0 Å². The number of aromatic hydroxyl groups is 1. The molecule has 0 aliphatic heterocycles. The normalized spacial score (nSPS) is 10.3. The van der Waals surface area contributed by atoms with Crippen molar-refractivity contribution in [1.29, 1.82) is 0 Å². The van der Waals surface area contributed by atoms with E-state index in [1.54, 1.807) is 11.3 Å². The van der Waals surface area contributed by atoms with Gasteiger partial charge in [0.25, 0.3) is 0 Å². The van der Waals surface area contributed by atoms with Gasteiger partial charge in [-0.1, -0.05) is 12.1 Å². The minimum atomic E-state index is -5.14. The first-order valence-corrected chi connectivity index (χ1v) is 9.78. The van der Waals surface area contributed by atoms with Crippen LogP contribution in [0.4, 0.5) is 5.69 Å². The fraction of sp³-hybridized carbons (Fsp3) is 0.0833. The van der Waals surface area contributed by atoms with Crippen molar-refractivity contribution in [1.82, 2.24) is 0 Å². The number of hydrogen-bond donors (Lipinski definition) is 4. The molecule has 0 radical (unpaired) electrons. The van der Waals surface area contributed by atoms with Crippen molar-refractivity contribution >= 4 is 41.5 Å². The quantitative estimate of drug-likeness (QED) is 0.466. The molecule has 0 fully saturated rings. The maximum atomic E-state index is 11.1. The predicted molar refractivity (Wildman–Crippen MR) is 77.2 cm³/mol. The largest absolute Gasteiger partial charge is 0.152 e. The first-order valence-electron chi connectivity index (χ1n) is 5.45. The molecule has 0 unspecified atom stereocenters. The van der Waals surface area contributed by atoms with Gasteiger partial charge in [0.15, 0.2) is 0 Å². The average Bonchev–Trinajstić information content (AvgIpc) is 2.88. The van der Waals surface area contributed by atoms with Crippen LogP contribution in [0.15, 0.2) is 41.1 Å². The van der Waals surface area contributed by atoms with Crippen molar-refractivity contribution in [2.24, 2.45) is 0 Å². The van der Waals surface area contributed by atoms with Crippen LogP contribution in [-0.4, -0.2) is 33.4 Å².